The monoisotopic (exact) mass is 340 g/mol. The number of carbonyl (C=O) groups excluding carboxylic acids is 1. The van der Waals surface area contributed by atoms with Crippen LogP contribution in [0.3, 0.4) is 0 Å². The number of amides is 1. The Labute approximate surface area is 144 Å². The highest BCUT2D eigenvalue weighted by molar-refractivity contribution is 5.91. The normalized spacial score (nSPS) is 11.2. The lowest BCUT2D eigenvalue weighted by molar-refractivity contribution is 0.0942. The molecule has 2 heterocycles. The predicted octanol–water partition coefficient (Wildman–Crippen LogP) is 1.41. The lowest BCUT2D eigenvalue weighted by Crippen LogP contribution is -2.27. The van der Waals surface area contributed by atoms with Gasteiger partial charge in [0.15, 0.2) is 5.82 Å². The SMILES string of the molecule is CN(C)CCCNC(=O)c1nc(-c2cc(O)c3ncccc3c2)n[nH]1. The van der Waals surface area contributed by atoms with E-state index in [-0.39, 0.29) is 17.5 Å². The Morgan fingerprint density at radius 3 is 3.00 bits per heavy atom. The number of benzene rings is 1. The van der Waals surface area contributed by atoms with Crippen molar-refractivity contribution in [3.63, 3.8) is 0 Å². The number of aromatic nitrogens is 4. The summed E-state index contributed by atoms with van der Waals surface area (Å²) < 4.78 is 0. The highest BCUT2D eigenvalue weighted by atomic mass is 16.3. The summed E-state index contributed by atoms with van der Waals surface area (Å²) in [4.78, 5) is 22.5. The fourth-order valence-corrected chi connectivity index (χ4v) is 2.48. The first kappa shape index (κ1) is 16.8. The van der Waals surface area contributed by atoms with Gasteiger partial charge in [0.1, 0.15) is 11.3 Å². The lowest BCUT2D eigenvalue weighted by Gasteiger charge is -2.08. The van der Waals surface area contributed by atoms with Crippen molar-refractivity contribution in [2.45, 2.75) is 6.42 Å². The minimum absolute atomic E-state index is 0.0487. The van der Waals surface area contributed by atoms with Crippen LogP contribution in [0.5, 0.6) is 5.75 Å². The molecule has 3 rings (SSSR count). The van der Waals surface area contributed by atoms with E-state index in [1.54, 1.807) is 12.3 Å². The molecule has 0 aliphatic rings. The highest BCUT2D eigenvalue weighted by Crippen LogP contribution is 2.28. The average Bonchev–Trinajstić information content (AvgIpc) is 3.08. The molecule has 0 aliphatic heterocycles. The molecule has 0 spiro atoms. The van der Waals surface area contributed by atoms with E-state index in [9.17, 15) is 9.90 Å². The zero-order valence-electron chi connectivity index (χ0n) is 14.2. The first-order valence-electron chi connectivity index (χ1n) is 7.98. The number of phenolic OH excluding ortho intramolecular Hbond substituents is 1. The third kappa shape index (κ3) is 3.92. The molecule has 0 atom stereocenters. The fraction of sp³-hybridized carbons (Fsp3) is 0.294. The molecule has 0 fully saturated rings. The summed E-state index contributed by atoms with van der Waals surface area (Å²) in [5.41, 5.74) is 1.13. The van der Waals surface area contributed by atoms with Crippen LogP contribution < -0.4 is 5.32 Å². The summed E-state index contributed by atoms with van der Waals surface area (Å²) in [7, 11) is 3.97. The Bertz CT molecular complexity index is 890. The smallest absolute Gasteiger partial charge is 0.288 e. The molecule has 3 N–H and O–H groups in total. The topological polar surface area (TPSA) is 107 Å². The van der Waals surface area contributed by atoms with E-state index in [2.05, 4.69) is 30.4 Å². The number of fused-ring (bicyclic) bond motifs is 1. The summed E-state index contributed by atoms with van der Waals surface area (Å²) in [6.07, 6.45) is 2.47. The third-order valence-corrected chi connectivity index (χ3v) is 3.71. The summed E-state index contributed by atoms with van der Waals surface area (Å²) >= 11 is 0. The third-order valence-electron chi connectivity index (χ3n) is 3.71. The van der Waals surface area contributed by atoms with Gasteiger partial charge in [-0.15, -0.1) is 0 Å². The molecule has 8 heteroatoms. The summed E-state index contributed by atoms with van der Waals surface area (Å²) in [5.74, 6) is 0.238. The highest BCUT2D eigenvalue weighted by Gasteiger charge is 2.14. The predicted molar refractivity (Wildman–Crippen MR) is 94.3 cm³/mol. The first-order valence-corrected chi connectivity index (χ1v) is 7.98. The second-order valence-corrected chi connectivity index (χ2v) is 5.99. The zero-order chi connectivity index (χ0) is 17.8. The van der Waals surface area contributed by atoms with Gasteiger partial charge in [-0.3, -0.25) is 14.9 Å². The maximum Gasteiger partial charge on any atom is 0.288 e. The van der Waals surface area contributed by atoms with Crippen molar-refractivity contribution in [2.75, 3.05) is 27.2 Å². The second-order valence-electron chi connectivity index (χ2n) is 5.99. The molecule has 0 saturated heterocycles. The molecule has 0 saturated carbocycles. The summed E-state index contributed by atoms with van der Waals surface area (Å²) in [6, 6.07) is 6.99. The number of hydrogen-bond donors (Lipinski definition) is 3. The molecule has 3 aromatic rings. The van der Waals surface area contributed by atoms with Crippen LogP contribution in [0.2, 0.25) is 0 Å². The largest absolute Gasteiger partial charge is 0.506 e. The van der Waals surface area contributed by atoms with Gasteiger partial charge in [0, 0.05) is 23.7 Å². The van der Waals surface area contributed by atoms with Crippen molar-refractivity contribution in [3.05, 3.63) is 36.3 Å². The number of phenols is 1. The van der Waals surface area contributed by atoms with Gasteiger partial charge in [0.05, 0.1) is 0 Å². The van der Waals surface area contributed by atoms with Gasteiger partial charge in [-0.25, -0.2) is 4.98 Å². The van der Waals surface area contributed by atoms with E-state index in [4.69, 9.17) is 0 Å². The van der Waals surface area contributed by atoms with E-state index < -0.39 is 0 Å². The summed E-state index contributed by atoms with van der Waals surface area (Å²) in [5, 5.41) is 20.4. The lowest BCUT2D eigenvalue weighted by atomic mass is 10.1. The summed E-state index contributed by atoms with van der Waals surface area (Å²) in [6.45, 7) is 1.46. The van der Waals surface area contributed by atoms with Crippen LogP contribution in [0.4, 0.5) is 0 Å². The Hall–Kier alpha value is -3.00. The Morgan fingerprint density at radius 2 is 2.20 bits per heavy atom. The number of rotatable bonds is 6. The molecular formula is C17H20N6O2. The van der Waals surface area contributed by atoms with Crippen LogP contribution in [0.1, 0.15) is 17.0 Å². The van der Waals surface area contributed by atoms with Crippen molar-refractivity contribution in [2.24, 2.45) is 0 Å². The molecule has 1 aromatic carbocycles. The maximum atomic E-state index is 12.1. The number of nitrogens with one attached hydrogen (secondary N) is 2. The average molecular weight is 340 g/mol. The van der Waals surface area contributed by atoms with Crippen molar-refractivity contribution in [1.82, 2.24) is 30.4 Å². The Balaban J connectivity index is 1.74. The zero-order valence-corrected chi connectivity index (χ0v) is 14.2. The van der Waals surface area contributed by atoms with Gasteiger partial charge in [-0.1, -0.05) is 6.07 Å². The number of H-pyrrole nitrogens is 1. The number of hydrogen-bond acceptors (Lipinski definition) is 6. The van der Waals surface area contributed by atoms with Crippen LogP contribution in [0.15, 0.2) is 30.5 Å². The molecule has 130 valence electrons. The van der Waals surface area contributed by atoms with Crippen molar-refractivity contribution >= 4 is 16.8 Å². The van der Waals surface area contributed by atoms with Crippen molar-refractivity contribution < 1.29 is 9.90 Å². The van der Waals surface area contributed by atoms with Gasteiger partial charge in [0.2, 0.25) is 5.82 Å². The van der Waals surface area contributed by atoms with Crippen LogP contribution in [0.25, 0.3) is 22.3 Å². The molecule has 0 aliphatic carbocycles. The van der Waals surface area contributed by atoms with E-state index >= 15 is 0 Å². The van der Waals surface area contributed by atoms with Gasteiger partial charge in [0.25, 0.3) is 5.91 Å². The number of carbonyl (C=O) groups is 1. The molecule has 0 radical (unpaired) electrons. The van der Waals surface area contributed by atoms with E-state index in [1.807, 2.05) is 26.2 Å². The van der Waals surface area contributed by atoms with Crippen LogP contribution >= 0.6 is 0 Å². The van der Waals surface area contributed by atoms with Crippen LogP contribution in [0, 0.1) is 0 Å². The van der Waals surface area contributed by atoms with E-state index in [1.165, 1.54) is 6.07 Å². The molecule has 0 unspecified atom stereocenters. The van der Waals surface area contributed by atoms with Crippen molar-refractivity contribution in [3.8, 4) is 17.1 Å². The number of nitrogens with zero attached hydrogens (tertiary/aromatic N) is 4. The second kappa shape index (κ2) is 7.27. The Kier molecular flexibility index (Phi) is 4.90. The van der Waals surface area contributed by atoms with Crippen molar-refractivity contribution in [1.29, 1.82) is 0 Å². The van der Waals surface area contributed by atoms with Crippen LogP contribution in [-0.2, 0) is 0 Å². The first-order chi connectivity index (χ1) is 12.0. The van der Waals surface area contributed by atoms with Gasteiger partial charge in [-0.05, 0) is 45.3 Å². The minimum atomic E-state index is -0.302. The van der Waals surface area contributed by atoms with Crippen LogP contribution in [-0.4, -0.2) is 63.3 Å². The van der Waals surface area contributed by atoms with Gasteiger partial charge in [-0.2, -0.15) is 5.10 Å². The molecule has 0 bridgehead atoms. The number of pyridine rings is 1. The van der Waals surface area contributed by atoms with Gasteiger partial charge < -0.3 is 15.3 Å². The molecule has 25 heavy (non-hydrogen) atoms. The standard InChI is InChI=1S/C17H20N6O2/c1-23(2)8-4-7-19-17(25)16-20-15(21-22-16)12-9-11-5-3-6-18-14(11)13(24)10-12/h3,5-6,9-10,24H,4,7-8H2,1-2H3,(H,19,25)(H,20,21,22). The van der Waals surface area contributed by atoms with E-state index in [0.29, 0.717) is 23.4 Å². The fourth-order valence-electron chi connectivity index (χ4n) is 2.48. The number of aromatic hydroxyl groups is 1. The Morgan fingerprint density at radius 1 is 1.36 bits per heavy atom. The molecule has 8 nitrogen and oxygen atoms in total. The van der Waals surface area contributed by atoms with E-state index in [0.717, 1.165) is 18.4 Å². The number of aromatic amines is 1. The maximum absolute atomic E-state index is 12.1. The minimum Gasteiger partial charge on any atom is -0.506 e. The quantitative estimate of drug-likeness (QED) is 0.586. The molecule has 2 aromatic heterocycles. The molecular weight excluding hydrogens is 320 g/mol. The van der Waals surface area contributed by atoms with Gasteiger partial charge >= 0.3 is 0 Å². The molecule has 1 amide bonds.